The van der Waals surface area contributed by atoms with Gasteiger partial charge in [-0.3, -0.25) is 9.59 Å². The SMILES string of the molecule is CCN(C(=O)O)[C@@H]1CN(C(=O)C2CCN(c3ccccn3)CC2C(C)=O)C[C@H]1c1ccc(Cl)c(Cl)c1. The van der Waals surface area contributed by atoms with E-state index in [2.05, 4.69) is 4.98 Å². The van der Waals surface area contributed by atoms with Crippen molar-refractivity contribution in [1.29, 1.82) is 0 Å². The molecule has 1 aromatic carbocycles. The number of aromatic nitrogens is 1. The molecule has 3 heterocycles. The fourth-order valence-corrected chi connectivity index (χ4v) is 5.81. The summed E-state index contributed by atoms with van der Waals surface area (Å²) in [6, 6.07) is 10.5. The van der Waals surface area contributed by atoms with Gasteiger partial charge in [0.05, 0.1) is 22.0 Å². The summed E-state index contributed by atoms with van der Waals surface area (Å²) >= 11 is 12.4. The van der Waals surface area contributed by atoms with E-state index in [1.807, 2.05) is 29.2 Å². The third kappa shape index (κ3) is 5.30. The van der Waals surface area contributed by atoms with Crippen molar-refractivity contribution in [2.75, 3.05) is 37.6 Å². The molecule has 2 amide bonds. The van der Waals surface area contributed by atoms with E-state index in [0.29, 0.717) is 42.6 Å². The van der Waals surface area contributed by atoms with E-state index in [1.165, 1.54) is 11.8 Å². The lowest BCUT2D eigenvalue weighted by Gasteiger charge is -2.38. The summed E-state index contributed by atoms with van der Waals surface area (Å²) in [5.41, 5.74) is 0.831. The molecule has 192 valence electrons. The Balaban J connectivity index is 1.58. The maximum atomic E-state index is 13.8. The smallest absolute Gasteiger partial charge is 0.407 e. The predicted molar refractivity (Wildman–Crippen MR) is 139 cm³/mol. The molecule has 1 N–H and O–H groups in total. The van der Waals surface area contributed by atoms with Crippen LogP contribution in [0.15, 0.2) is 42.6 Å². The zero-order valence-electron chi connectivity index (χ0n) is 20.3. The first-order valence-electron chi connectivity index (χ1n) is 12.1. The van der Waals surface area contributed by atoms with Crippen LogP contribution in [0.1, 0.15) is 31.7 Å². The topological polar surface area (TPSA) is 94.1 Å². The highest BCUT2D eigenvalue weighted by atomic mass is 35.5. The molecule has 0 aliphatic carbocycles. The molecule has 0 bridgehead atoms. The summed E-state index contributed by atoms with van der Waals surface area (Å²) in [4.78, 5) is 48.0. The van der Waals surface area contributed by atoms with E-state index in [-0.39, 0.29) is 24.2 Å². The Labute approximate surface area is 220 Å². The summed E-state index contributed by atoms with van der Waals surface area (Å²) in [6.07, 6.45) is 1.20. The standard InChI is InChI=1S/C26H30Cl2N4O4/c1-3-32(26(35)36)23-15-31(14-20(23)17-7-8-21(27)22(28)12-17)25(34)18-9-11-30(13-19(18)16(2)33)24-6-4-5-10-29-24/h4-8,10,12,18-20,23H,3,9,11,13-15H2,1-2H3,(H,35,36)/t18?,19?,20-,23+/m0/s1. The van der Waals surface area contributed by atoms with E-state index >= 15 is 0 Å². The Kier molecular flexibility index (Phi) is 8.05. The van der Waals surface area contributed by atoms with Crippen molar-refractivity contribution in [3.05, 3.63) is 58.2 Å². The Bertz CT molecular complexity index is 1130. The van der Waals surface area contributed by atoms with Gasteiger partial charge in [-0.15, -0.1) is 0 Å². The Morgan fingerprint density at radius 2 is 1.86 bits per heavy atom. The van der Waals surface area contributed by atoms with Gasteiger partial charge in [-0.1, -0.05) is 35.3 Å². The Hall–Kier alpha value is -2.84. The first kappa shape index (κ1) is 26.2. The van der Waals surface area contributed by atoms with Crippen LogP contribution in [0, 0.1) is 11.8 Å². The van der Waals surface area contributed by atoms with Crippen LogP contribution in [0.5, 0.6) is 0 Å². The van der Waals surface area contributed by atoms with Gasteiger partial charge in [0, 0.05) is 50.8 Å². The predicted octanol–water partition coefficient (Wildman–Crippen LogP) is 4.41. The van der Waals surface area contributed by atoms with E-state index in [9.17, 15) is 19.5 Å². The normalized spacial score (nSPS) is 24.0. The van der Waals surface area contributed by atoms with Crippen LogP contribution >= 0.6 is 23.2 Å². The summed E-state index contributed by atoms with van der Waals surface area (Å²) in [7, 11) is 0. The van der Waals surface area contributed by atoms with Gasteiger partial charge in [0.15, 0.2) is 0 Å². The monoisotopic (exact) mass is 532 g/mol. The molecular weight excluding hydrogens is 503 g/mol. The van der Waals surface area contributed by atoms with Crippen molar-refractivity contribution < 1.29 is 19.5 Å². The van der Waals surface area contributed by atoms with Gasteiger partial charge in [0.25, 0.3) is 0 Å². The number of amides is 2. The van der Waals surface area contributed by atoms with Crippen molar-refractivity contribution in [3.63, 3.8) is 0 Å². The summed E-state index contributed by atoms with van der Waals surface area (Å²) in [5, 5.41) is 10.6. The molecule has 36 heavy (non-hydrogen) atoms. The molecule has 2 aliphatic heterocycles. The van der Waals surface area contributed by atoms with Crippen LogP contribution in [-0.4, -0.2) is 76.4 Å². The van der Waals surface area contributed by atoms with Gasteiger partial charge in [-0.25, -0.2) is 9.78 Å². The quantitative estimate of drug-likeness (QED) is 0.591. The maximum absolute atomic E-state index is 13.8. The van der Waals surface area contributed by atoms with Crippen LogP contribution in [0.2, 0.25) is 10.0 Å². The fourth-order valence-electron chi connectivity index (χ4n) is 5.51. The number of anilines is 1. The second-order valence-electron chi connectivity index (χ2n) is 9.41. The molecule has 0 saturated carbocycles. The summed E-state index contributed by atoms with van der Waals surface area (Å²) in [6.45, 7) is 5.24. The van der Waals surface area contributed by atoms with Crippen LogP contribution in [0.25, 0.3) is 0 Å². The number of ketones is 1. The molecule has 2 saturated heterocycles. The lowest BCUT2D eigenvalue weighted by atomic mass is 9.82. The number of carbonyl (C=O) groups excluding carboxylic acids is 2. The van der Waals surface area contributed by atoms with Crippen LogP contribution < -0.4 is 4.90 Å². The zero-order chi connectivity index (χ0) is 26.0. The molecule has 1 aromatic heterocycles. The summed E-state index contributed by atoms with van der Waals surface area (Å²) in [5.74, 6) is -0.538. The minimum Gasteiger partial charge on any atom is -0.465 e. The number of pyridine rings is 1. The van der Waals surface area contributed by atoms with E-state index in [4.69, 9.17) is 23.2 Å². The highest BCUT2D eigenvalue weighted by Crippen LogP contribution is 2.37. The van der Waals surface area contributed by atoms with Crippen LogP contribution in [0.4, 0.5) is 10.6 Å². The second kappa shape index (κ2) is 11.0. The number of rotatable bonds is 6. The lowest BCUT2D eigenvalue weighted by molar-refractivity contribution is -0.140. The molecule has 4 rings (SSSR count). The fraction of sp³-hybridized carbons (Fsp3) is 0.462. The maximum Gasteiger partial charge on any atom is 0.407 e. The number of piperidine rings is 1. The Morgan fingerprint density at radius 3 is 2.47 bits per heavy atom. The minimum atomic E-state index is -1.04. The number of Topliss-reactive ketones (excluding diaryl/α,β-unsaturated/α-hetero) is 1. The largest absolute Gasteiger partial charge is 0.465 e. The summed E-state index contributed by atoms with van der Waals surface area (Å²) < 4.78 is 0. The number of carboxylic acid groups (broad SMARTS) is 1. The molecule has 8 nitrogen and oxygen atoms in total. The van der Waals surface area contributed by atoms with Gasteiger partial charge in [-0.2, -0.15) is 0 Å². The first-order valence-corrected chi connectivity index (χ1v) is 12.9. The number of hydrogen-bond acceptors (Lipinski definition) is 5. The number of likely N-dealkylation sites (tertiary alicyclic amines) is 1. The molecular formula is C26H30Cl2N4O4. The molecule has 4 atom stereocenters. The van der Waals surface area contributed by atoms with Crippen molar-refractivity contribution in [2.24, 2.45) is 11.8 Å². The van der Waals surface area contributed by atoms with Crippen LogP contribution in [-0.2, 0) is 9.59 Å². The lowest BCUT2D eigenvalue weighted by Crippen LogP contribution is -2.50. The number of hydrogen-bond donors (Lipinski definition) is 1. The third-order valence-corrected chi connectivity index (χ3v) is 8.12. The van der Waals surface area contributed by atoms with E-state index < -0.39 is 24.0 Å². The number of likely N-dealkylation sites (N-methyl/N-ethyl adjacent to an activating group) is 1. The average molecular weight is 533 g/mol. The van der Waals surface area contributed by atoms with Crippen molar-refractivity contribution in [1.82, 2.24) is 14.8 Å². The zero-order valence-corrected chi connectivity index (χ0v) is 21.8. The molecule has 2 aliphatic rings. The second-order valence-corrected chi connectivity index (χ2v) is 10.2. The number of nitrogens with zero attached hydrogens (tertiary/aromatic N) is 4. The average Bonchev–Trinajstić information content (AvgIpc) is 3.30. The van der Waals surface area contributed by atoms with Crippen LogP contribution in [0.3, 0.4) is 0 Å². The molecule has 10 heteroatoms. The van der Waals surface area contributed by atoms with E-state index in [0.717, 1.165) is 11.4 Å². The first-order chi connectivity index (χ1) is 17.2. The van der Waals surface area contributed by atoms with Crippen molar-refractivity contribution >= 4 is 46.8 Å². The van der Waals surface area contributed by atoms with Crippen molar-refractivity contribution in [2.45, 2.75) is 32.2 Å². The minimum absolute atomic E-state index is 0.0357. The Morgan fingerprint density at radius 1 is 1.08 bits per heavy atom. The highest BCUT2D eigenvalue weighted by Gasteiger charge is 2.45. The molecule has 0 radical (unpaired) electrons. The van der Waals surface area contributed by atoms with Gasteiger partial charge >= 0.3 is 6.09 Å². The van der Waals surface area contributed by atoms with Crippen molar-refractivity contribution in [3.8, 4) is 0 Å². The molecule has 0 spiro atoms. The van der Waals surface area contributed by atoms with Gasteiger partial charge < -0.3 is 19.8 Å². The molecule has 2 unspecified atom stereocenters. The van der Waals surface area contributed by atoms with Gasteiger partial charge in [0.1, 0.15) is 11.6 Å². The van der Waals surface area contributed by atoms with E-state index in [1.54, 1.807) is 30.2 Å². The van der Waals surface area contributed by atoms with Gasteiger partial charge in [0.2, 0.25) is 5.91 Å². The highest BCUT2D eigenvalue weighted by molar-refractivity contribution is 6.42. The molecule has 2 aromatic rings. The number of carbonyl (C=O) groups is 3. The number of halogens is 2. The van der Waals surface area contributed by atoms with Gasteiger partial charge in [-0.05, 0) is 50.1 Å². The molecule has 2 fully saturated rings. The number of benzene rings is 1. The third-order valence-electron chi connectivity index (χ3n) is 7.38.